The van der Waals surface area contributed by atoms with Gasteiger partial charge in [-0.2, -0.15) is 23.5 Å². The third-order valence-electron chi connectivity index (χ3n) is 2.61. The Hall–Kier alpha value is -2.89. The van der Waals surface area contributed by atoms with Crippen LogP contribution >= 0.6 is 0 Å². The summed E-state index contributed by atoms with van der Waals surface area (Å²) in [7, 11) is 1.51. The summed E-state index contributed by atoms with van der Waals surface area (Å²) in [5.74, 6) is -0.590. The Morgan fingerprint density at radius 1 is 1.38 bits per heavy atom. The number of aromatic nitrogens is 3. The lowest BCUT2D eigenvalue weighted by molar-refractivity contribution is -0.137. The van der Waals surface area contributed by atoms with Crippen molar-refractivity contribution in [2.24, 2.45) is 7.05 Å². The lowest BCUT2D eigenvalue weighted by Gasteiger charge is -2.08. The van der Waals surface area contributed by atoms with Gasteiger partial charge in [-0.05, 0) is 12.1 Å². The number of hydrogen-bond acceptors (Lipinski definition) is 4. The van der Waals surface area contributed by atoms with Crippen molar-refractivity contribution < 1.29 is 18.0 Å². The molecule has 0 aliphatic carbocycles. The van der Waals surface area contributed by atoms with E-state index in [0.717, 1.165) is 12.1 Å². The van der Waals surface area contributed by atoms with Crippen LogP contribution in [0.3, 0.4) is 0 Å². The highest BCUT2D eigenvalue weighted by Gasteiger charge is 2.31. The maximum atomic E-state index is 12.4. The van der Waals surface area contributed by atoms with Crippen molar-refractivity contribution in [1.82, 2.24) is 14.8 Å². The molecule has 0 aliphatic heterocycles. The van der Waals surface area contributed by atoms with Crippen LogP contribution in [0.1, 0.15) is 21.6 Å². The highest BCUT2D eigenvalue weighted by molar-refractivity contribution is 6.02. The molecule has 1 N–H and O–H groups in total. The smallest absolute Gasteiger partial charge is 0.304 e. The first kappa shape index (κ1) is 14.5. The topological polar surface area (TPSA) is 83.6 Å². The van der Waals surface area contributed by atoms with E-state index in [4.69, 9.17) is 5.26 Å². The molecule has 108 valence electrons. The van der Waals surface area contributed by atoms with Gasteiger partial charge in [0.2, 0.25) is 0 Å². The van der Waals surface area contributed by atoms with E-state index in [2.05, 4.69) is 15.4 Å². The van der Waals surface area contributed by atoms with Crippen molar-refractivity contribution in [3.63, 3.8) is 0 Å². The minimum Gasteiger partial charge on any atom is -0.304 e. The number of halogens is 3. The number of pyridine rings is 1. The van der Waals surface area contributed by atoms with E-state index in [1.807, 2.05) is 6.07 Å². The maximum Gasteiger partial charge on any atom is 0.417 e. The fourth-order valence-corrected chi connectivity index (χ4v) is 1.54. The molecule has 2 heterocycles. The number of carbonyl (C=O) groups is 1. The zero-order valence-corrected chi connectivity index (χ0v) is 10.6. The summed E-state index contributed by atoms with van der Waals surface area (Å²) in [6.07, 6.45) is -2.68. The molecule has 2 aromatic rings. The second kappa shape index (κ2) is 5.24. The Morgan fingerprint density at radius 3 is 2.62 bits per heavy atom. The minimum absolute atomic E-state index is 0.137. The summed E-state index contributed by atoms with van der Waals surface area (Å²) >= 11 is 0. The molecule has 1 amide bonds. The number of alkyl halides is 3. The molecule has 0 radical (unpaired) electrons. The van der Waals surface area contributed by atoms with E-state index < -0.39 is 17.6 Å². The van der Waals surface area contributed by atoms with Crippen LogP contribution in [0.25, 0.3) is 0 Å². The third kappa shape index (κ3) is 3.00. The number of nitriles is 1. The normalized spacial score (nSPS) is 11.0. The highest BCUT2D eigenvalue weighted by Crippen LogP contribution is 2.28. The fraction of sp³-hybridized carbons (Fsp3) is 0.167. The first-order chi connectivity index (χ1) is 9.82. The van der Waals surface area contributed by atoms with Crippen LogP contribution in [0.2, 0.25) is 0 Å². The lowest BCUT2D eigenvalue weighted by atomic mass is 10.2. The minimum atomic E-state index is -4.52. The van der Waals surface area contributed by atoms with Gasteiger partial charge in [-0.25, -0.2) is 0 Å². The van der Waals surface area contributed by atoms with Crippen LogP contribution in [-0.4, -0.2) is 20.7 Å². The molecule has 0 saturated carbocycles. The highest BCUT2D eigenvalue weighted by atomic mass is 19.4. The Kier molecular flexibility index (Phi) is 3.62. The van der Waals surface area contributed by atoms with Crippen molar-refractivity contribution in [1.29, 1.82) is 5.26 Å². The number of nitrogens with one attached hydrogen (secondary N) is 1. The van der Waals surface area contributed by atoms with Crippen molar-refractivity contribution >= 4 is 11.7 Å². The molecule has 2 rings (SSSR count). The van der Waals surface area contributed by atoms with Gasteiger partial charge in [0, 0.05) is 13.2 Å². The van der Waals surface area contributed by atoms with E-state index in [-0.39, 0.29) is 17.1 Å². The van der Waals surface area contributed by atoms with Crippen molar-refractivity contribution in [2.75, 3.05) is 5.32 Å². The first-order valence-electron chi connectivity index (χ1n) is 5.59. The standard InChI is InChI=1S/C12H8F3N5O/c1-20-10(7(4-16)5-18-20)19-11(21)9-3-2-8(6-17-9)12(13,14)15/h2-3,5-6H,1H3,(H,19,21). The molecule has 0 unspecified atom stereocenters. The molecule has 0 spiro atoms. The number of hydrogen-bond donors (Lipinski definition) is 1. The van der Waals surface area contributed by atoms with Gasteiger partial charge in [0.1, 0.15) is 23.1 Å². The summed E-state index contributed by atoms with van der Waals surface area (Å²) in [5, 5.41) is 15.0. The van der Waals surface area contributed by atoms with Crippen molar-refractivity contribution in [3.05, 3.63) is 41.3 Å². The molecule has 0 aliphatic rings. The number of aryl methyl sites for hydroxylation is 1. The average molecular weight is 295 g/mol. The average Bonchev–Trinajstić information content (AvgIpc) is 2.79. The van der Waals surface area contributed by atoms with E-state index in [9.17, 15) is 18.0 Å². The Labute approximate surface area is 116 Å². The van der Waals surface area contributed by atoms with Crippen LogP contribution < -0.4 is 5.32 Å². The molecule has 0 fully saturated rings. The van der Waals surface area contributed by atoms with E-state index >= 15 is 0 Å². The zero-order valence-electron chi connectivity index (χ0n) is 10.6. The number of carbonyl (C=O) groups excluding carboxylic acids is 1. The third-order valence-corrected chi connectivity index (χ3v) is 2.61. The van der Waals surface area contributed by atoms with Gasteiger partial charge in [-0.1, -0.05) is 0 Å². The number of anilines is 1. The summed E-state index contributed by atoms with van der Waals surface area (Å²) < 4.78 is 38.4. The Balaban J connectivity index is 2.22. The molecule has 0 atom stereocenters. The SMILES string of the molecule is Cn1ncc(C#N)c1NC(=O)c1ccc(C(F)(F)F)cn1. The first-order valence-corrected chi connectivity index (χ1v) is 5.59. The summed E-state index contributed by atoms with van der Waals surface area (Å²) in [5.41, 5.74) is -1.01. The van der Waals surface area contributed by atoms with Crippen LogP contribution in [-0.2, 0) is 13.2 Å². The molecule has 0 saturated heterocycles. The predicted octanol–water partition coefficient (Wildman–Crippen LogP) is 1.96. The maximum absolute atomic E-state index is 12.4. The Bertz CT molecular complexity index is 712. The van der Waals surface area contributed by atoms with Crippen molar-refractivity contribution in [2.45, 2.75) is 6.18 Å². The molecule has 21 heavy (non-hydrogen) atoms. The fourth-order valence-electron chi connectivity index (χ4n) is 1.54. The van der Waals surface area contributed by atoms with Crippen molar-refractivity contribution in [3.8, 4) is 6.07 Å². The number of amides is 1. The quantitative estimate of drug-likeness (QED) is 0.918. The monoisotopic (exact) mass is 295 g/mol. The largest absolute Gasteiger partial charge is 0.417 e. The molecule has 0 bridgehead atoms. The van der Waals surface area contributed by atoms with Crippen LogP contribution in [0.15, 0.2) is 24.5 Å². The summed E-state index contributed by atoms with van der Waals surface area (Å²) in [4.78, 5) is 15.4. The number of nitrogens with zero attached hydrogens (tertiary/aromatic N) is 4. The van der Waals surface area contributed by atoms with Gasteiger partial charge >= 0.3 is 6.18 Å². The second-order valence-electron chi connectivity index (χ2n) is 4.03. The van der Waals surface area contributed by atoms with Gasteiger partial charge in [0.25, 0.3) is 5.91 Å². The second-order valence-corrected chi connectivity index (χ2v) is 4.03. The van der Waals surface area contributed by atoms with Gasteiger partial charge in [0.05, 0.1) is 11.8 Å². The molecular weight excluding hydrogens is 287 g/mol. The van der Waals surface area contributed by atoms with E-state index in [0.29, 0.717) is 6.20 Å². The summed E-state index contributed by atoms with van der Waals surface area (Å²) in [6.45, 7) is 0. The lowest BCUT2D eigenvalue weighted by Crippen LogP contribution is -2.17. The van der Waals surface area contributed by atoms with Gasteiger partial charge in [0.15, 0.2) is 0 Å². The van der Waals surface area contributed by atoms with E-state index in [1.165, 1.54) is 17.9 Å². The molecule has 0 aromatic carbocycles. The predicted molar refractivity (Wildman–Crippen MR) is 65.1 cm³/mol. The number of rotatable bonds is 2. The van der Waals surface area contributed by atoms with Crippen LogP contribution in [0.5, 0.6) is 0 Å². The van der Waals surface area contributed by atoms with Gasteiger partial charge < -0.3 is 5.32 Å². The van der Waals surface area contributed by atoms with Crippen LogP contribution in [0.4, 0.5) is 19.0 Å². The van der Waals surface area contributed by atoms with E-state index in [1.54, 1.807) is 0 Å². The molecular formula is C12H8F3N5O. The molecule has 2 aromatic heterocycles. The van der Waals surface area contributed by atoms with Gasteiger partial charge in [-0.15, -0.1) is 0 Å². The zero-order chi connectivity index (χ0) is 15.6. The molecule has 6 nitrogen and oxygen atoms in total. The molecule has 9 heteroatoms. The Morgan fingerprint density at radius 2 is 2.10 bits per heavy atom. The summed E-state index contributed by atoms with van der Waals surface area (Å²) in [6, 6.07) is 3.55. The van der Waals surface area contributed by atoms with Crippen LogP contribution in [0, 0.1) is 11.3 Å². The van der Waals surface area contributed by atoms with Gasteiger partial charge in [-0.3, -0.25) is 14.5 Å².